The molecule has 4 amide bonds. The zero-order chi connectivity index (χ0) is 33.3. The number of phenols is 1. The Morgan fingerprint density at radius 2 is 1.68 bits per heavy atom. The molecular formula is C36H48BrN5O5. The maximum Gasteiger partial charge on any atom is 0.407 e. The van der Waals surface area contributed by atoms with Crippen LogP contribution in [0.3, 0.4) is 0 Å². The van der Waals surface area contributed by atoms with E-state index in [-0.39, 0.29) is 30.3 Å². The van der Waals surface area contributed by atoms with E-state index in [1.54, 1.807) is 12.1 Å². The van der Waals surface area contributed by atoms with Crippen molar-refractivity contribution in [1.82, 2.24) is 19.6 Å². The second-order valence-corrected chi connectivity index (χ2v) is 15.5. The van der Waals surface area contributed by atoms with E-state index in [0.29, 0.717) is 61.2 Å². The van der Waals surface area contributed by atoms with Crippen molar-refractivity contribution in [3.8, 4) is 5.75 Å². The molecule has 3 fully saturated rings. The summed E-state index contributed by atoms with van der Waals surface area (Å²) < 4.78 is 0.532. The summed E-state index contributed by atoms with van der Waals surface area (Å²) in [5, 5.41) is 23.6. The van der Waals surface area contributed by atoms with Gasteiger partial charge in [0.2, 0.25) is 5.91 Å². The van der Waals surface area contributed by atoms with Crippen molar-refractivity contribution < 1.29 is 24.6 Å². The van der Waals surface area contributed by atoms with Crippen molar-refractivity contribution in [3.05, 3.63) is 58.1 Å². The number of rotatable bonds is 6. The topological polar surface area (TPSA) is 117 Å². The second kappa shape index (κ2) is 14.0. The van der Waals surface area contributed by atoms with Crippen LogP contribution in [0, 0.1) is 11.3 Å². The molecular weight excluding hydrogens is 662 g/mol. The molecule has 0 spiro atoms. The summed E-state index contributed by atoms with van der Waals surface area (Å²) >= 11 is 3.41. The molecule has 0 radical (unpaired) electrons. The number of benzene rings is 2. The van der Waals surface area contributed by atoms with Gasteiger partial charge in [0.15, 0.2) is 0 Å². The zero-order valence-electron chi connectivity index (χ0n) is 27.5. The van der Waals surface area contributed by atoms with Crippen molar-refractivity contribution in [2.45, 2.75) is 83.3 Å². The third-order valence-corrected chi connectivity index (χ3v) is 11.8. The monoisotopic (exact) mass is 709 g/mol. The van der Waals surface area contributed by atoms with Gasteiger partial charge in [0.1, 0.15) is 5.75 Å². The van der Waals surface area contributed by atoms with Gasteiger partial charge in [0.05, 0.1) is 10.4 Å². The summed E-state index contributed by atoms with van der Waals surface area (Å²) in [6.45, 7) is 8.94. The van der Waals surface area contributed by atoms with Gasteiger partial charge in [-0.1, -0.05) is 38.1 Å². The van der Waals surface area contributed by atoms with E-state index in [9.17, 15) is 24.6 Å². The number of likely N-dealkylation sites (tertiary alicyclic amines) is 3. The van der Waals surface area contributed by atoms with Crippen LogP contribution in [0.2, 0.25) is 0 Å². The molecule has 4 aliphatic rings. The van der Waals surface area contributed by atoms with Crippen molar-refractivity contribution in [2.75, 3.05) is 44.6 Å². The molecule has 0 saturated carbocycles. The molecule has 3 N–H and O–H groups in total. The number of amides is 4. The summed E-state index contributed by atoms with van der Waals surface area (Å²) in [6.07, 6.45) is 5.07. The SMILES string of the molecule is CC1(C)CCN(C2CCN(C(=O)C(Cc3ccc(O)c(Br)c3)[C@H]3CC(N4CCc5ccccc5NC4=O)CCN3C(=O)O)CC2)CC1. The number of carboxylic acid groups (broad SMARTS) is 1. The molecule has 6 rings (SSSR count). The normalized spacial score (nSPS) is 24.7. The quantitative estimate of drug-likeness (QED) is 0.338. The molecule has 3 saturated heterocycles. The Morgan fingerprint density at radius 3 is 2.38 bits per heavy atom. The Hall–Kier alpha value is -3.31. The van der Waals surface area contributed by atoms with Crippen molar-refractivity contribution in [1.29, 1.82) is 0 Å². The van der Waals surface area contributed by atoms with Crippen LogP contribution >= 0.6 is 15.9 Å². The molecule has 254 valence electrons. The molecule has 2 unspecified atom stereocenters. The average Bonchev–Trinajstić information content (AvgIpc) is 3.22. The number of para-hydroxylation sites is 1. The third-order valence-electron chi connectivity index (χ3n) is 11.1. The summed E-state index contributed by atoms with van der Waals surface area (Å²) in [7, 11) is 0. The number of piperidine rings is 3. The number of anilines is 1. The Balaban J connectivity index is 1.23. The van der Waals surface area contributed by atoms with Gasteiger partial charge < -0.3 is 35.1 Å². The number of hydrogen-bond acceptors (Lipinski definition) is 5. The first-order chi connectivity index (χ1) is 22.5. The molecule has 11 heteroatoms. The molecule has 2 aromatic rings. The predicted molar refractivity (Wildman–Crippen MR) is 185 cm³/mol. The van der Waals surface area contributed by atoms with Crippen LogP contribution in [0.4, 0.5) is 15.3 Å². The van der Waals surface area contributed by atoms with Gasteiger partial charge in [0.25, 0.3) is 0 Å². The number of halogens is 1. The van der Waals surface area contributed by atoms with E-state index in [4.69, 9.17) is 0 Å². The standard InChI is InChI=1S/C36H48BrN5O5/c1-36(2)13-19-39(20-14-36)26-10-15-40(16-11-26)33(44)28(21-24-7-8-32(43)29(37)22-24)31-23-27(12-18-42(31)35(46)47)41-17-9-25-5-3-4-6-30(25)38-34(41)45/h3-8,22,26-28,31,43H,9-21,23H2,1-2H3,(H,38,45)(H,46,47)/t27?,28?,31-/m1/s1. The van der Waals surface area contributed by atoms with Gasteiger partial charge in [0, 0.05) is 50.0 Å². The molecule has 0 aliphatic carbocycles. The first kappa shape index (κ1) is 33.6. The first-order valence-corrected chi connectivity index (χ1v) is 17.9. The fraction of sp³-hybridized carbons (Fsp3) is 0.583. The fourth-order valence-electron chi connectivity index (χ4n) is 8.12. The highest BCUT2D eigenvalue weighted by atomic mass is 79.9. The summed E-state index contributed by atoms with van der Waals surface area (Å²) in [5.41, 5.74) is 3.11. The number of hydrogen-bond donors (Lipinski definition) is 3. The molecule has 4 heterocycles. The molecule has 0 bridgehead atoms. The number of aromatic hydroxyl groups is 1. The summed E-state index contributed by atoms with van der Waals surface area (Å²) in [6, 6.07) is 12.5. The first-order valence-electron chi connectivity index (χ1n) is 17.1. The fourth-order valence-corrected chi connectivity index (χ4v) is 8.54. The van der Waals surface area contributed by atoms with Gasteiger partial charge in [-0.3, -0.25) is 4.79 Å². The van der Waals surface area contributed by atoms with E-state index in [1.807, 2.05) is 40.1 Å². The lowest BCUT2D eigenvalue weighted by atomic mass is 9.81. The summed E-state index contributed by atoms with van der Waals surface area (Å²) in [4.78, 5) is 48.6. The highest BCUT2D eigenvalue weighted by Crippen LogP contribution is 2.36. The van der Waals surface area contributed by atoms with Gasteiger partial charge in [-0.2, -0.15) is 0 Å². The Kier molecular flexibility index (Phi) is 10.0. The minimum absolute atomic E-state index is 0.0305. The van der Waals surface area contributed by atoms with E-state index in [2.05, 4.69) is 40.0 Å². The molecule has 3 atom stereocenters. The van der Waals surface area contributed by atoms with Crippen molar-refractivity contribution in [2.24, 2.45) is 11.3 Å². The molecule has 4 aliphatic heterocycles. The maximum absolute atomic E-state index is 14.6. The Morgan fingerprint density at radius 1 is 0.979 bits per heavy atom. The van der Waals surface area contributed by atoms with Crippen molar-refractivity contribution in [3.63, 3.8) is 0 Å². The largest absolute Gasteiger partial charge is 0.507 e. The zero-order valence-corrected chi connectivity index (χ0v) is 29.1. The molecule has 10 nitrogen and oxygen atoms in total. The maximum atomic E-state index is 14.6. The lowest BCUT2D eigenvalue weighted by molar-refractivity contribution is -0.140. The minimum atomic E-state index is -1.04. The average molecular weight is 711 g/mol. The van der Waals surface area contributed by atoms with Crippen LogP contribution in [-0.2, 0) is 17.6 Å². The molecule has 2 aromatic carbocycles. The number of nitrogens with zero attached hydrogens (tertiary/aromatic N) is 4. The number of carbonyl (C=O) groups is 3. The van der Waals surface area contributed by atoms with Gasteiger partial charge in [-0.25, -0.2) is 9.59 Å². The van der Waals surface area contributed by atoms with Crippen LogP contribution in [0.5, 0.6) is 5.75 Å². The van der Waals surface area contributed by atoms with E-state index < -0.39 is 18.1 Å². The number of nitrogens with one attached hydrogen (secondary N) is 1. The highest BCUT2D eigenvalue weighted by molar-refractivity contribution is 9.10. The van der Waals surface area contributed by atoms with Crippen LogP contribution in [0.25, 0.3) is 0 Å². The van der Waals surface area contributed by atoms with Crippen LogP contribution in [0.1, 0.15) is 63.5 Å². The van der Waals surface area contributed by atoms with Crippen LogP contribution in [0.15, 0.2) is 46.9 Å². The van der Waals surface area contributed by atoms with Crippen LogP contribution in [-0.4, -0.2) is 105 Å². The van der Waals surface area contributed by atoms with Gasteiger partial charge in [-0.05, 0) is 115 Å². The number of fused-ring (bicyclic) bond motifs is 1. The minimum Gasteiger partial charge on any atom is -0.507 e. The lowest BCUT2D eigenvalue weighted by Gasteiger charge is -2.47. The van der Waals surface area contributed by atoms with Gasteiger partial charge >= 0.3 is 12.1 Å². The van der Waals surface area contributed by atoms with E-state index >= 15 is 0 Å². The van der Waals surface area contributed by atoms with E-state index in [0.717, 1.165) is 42.7 Å². The Labute approximate surface area is 286 Å². The van der Waals surface area contributed by atoms with E-state index in [1.165, 1.54) is 17.7 Å². The third kappa shape index (κ3) is 7.56. The highest BCUT2D eigenvalue weighted by Gasteiger charge is 2.44. The molecule has 47 heavy (non-hydrogen) atoms. The number of urea groups is 1. The second-order valence-electron chi connectivity index (χ2n) is 14.6. The number of carbonyl (C=O) groups excluding carboxylic acids is 2. The predicted octanol–water partition coefficient (Wildman–Crippen LogP) is 6.03. The number of phenolic OH excluding ortho intramolecular Hbond substituents is 1. The summed E-state index contributed by atoms with van der Waals surface area (Å²) in [5.74, 6) is -0.556. The lowest BCUT2D eigenvalue weighted by Crippen LogP contribution is -2.59. The smallest absolute Gasteiger partial charge is 0.407 e. The Bertz CT molecular complexity index is 1470. The molecule has 0 aromatic heterocycles. The van der Waals surface area contributed by atoms with Crippen molar-refractivity contribution >= 4 is 39.6 Å². The van der Waals surface area contributed by atoms with Gasteiger partial charge in [-0.15, -0.1) is 0 Å². The van der Waals surface area contributed by atoms with Crippen LogP contribution < -0.4 is 5.32 Å².